The summed E-state index contributed by atoms with van der Waals surface area (Å²) < 4.78 is 2.14. The van der Waals surface area contributed by atoms with Gasteiger partial charge >= 0.3 is 0 Å². The first-order valence-electron chi connectivity index (χ1n) is 5.50. The van der Waals surface area contributed by atoms with Crippen LogP contribution in [-0.2, 0) is 13.5 Å². The van der Waals surface area contributed by atoms with Crippen molar-refractivity contribution in [3.8, 4) is 0 Å². The molecule has 1 aromatic carbocycles. The fraction of sp³-hybridized carbons (Fsp3) is 0.385. The van der Waals surface area contributed by atoms with E-state index in [1.165, 1.54) is 16.5 Å². The molecule has 1 heterocycles. The third-order valence-electron chi connectivity index (χ3n) is 2.97. The fourth-order valence-corrected chi connectivity index (χ4v) is 1.91. The van der Waals surface area contributed by atoms with E-state index in [2.05, 4.69) is 49.0 Å². The predicted octanol–water partition coefficient (Wildman–Crippen LogP) is 2.46. The lowest BCUT2D eigenvalue weighted by Crippen LogP contribution is -2.21. The number of aromatic nitrogens is 1. The summed E-state index contributed by atoms with van der Waals surface area (Å²) in [6, 6.07) is 9.03. The highest BCUT2D eigenvalue weighted by molar-refractivity contribution is 5.80. The number of fused-ring (bicyclic) bond motifs is 1. The van der Waals surface area contributed by atoms with Gasteiger partial charge in [-0.15, -0.1) is 0 Å². The monoisotopic (exact) mass is 202 g/mol. The molecule has 15 heavy (non-hydrogen) atoms. The van der Waals surface area contributed by atoms with Gasteiger partial charge in [0.25, 0.3) is 0 Å². The summed E-state index contributed by atoms with van der Waals surface area (Å²) in [5.41, 5.74) is 8.57. The minimum atomic E-state index is 0.283. The lowest BCUT2D eigenvalue weighted by atomic mass is 10.0. The fourth-order valence-electron chi connectivity index (χ4n) is 1.91. The van der Waals surface area contributed by atoms with Crippen molar-refractivity contribution in [3.63, 3.8) is 0 Å². The number of nitrogens with zero attached hydrogens (tertiary/aromatic N) is 1. The average molecular weight is 202 g/mol. The molecule has 0 saturated heterocycles. The van der Waals surface area contributed by atoms with E-state index < -0.39 is 0 Å². The van der Waals surface area contributed by atoms with Gasteiger partial charge in [-0.2, -0.15) is 0 Å². The van der Waals surface area contributed by atoms with E-state index in [1.807, 2.05) is 0 Å². The highest BCUT2D eigenvalue weighted by atomic mass is 14.9. The second-order valence-corrected chi connectivity index (χ2v) is 4.19. The number of nitrogens with two attached hydrogens (primary N) is 1. The molecule has 2 N–H and O–H groups in total. The molecule has 0 fully saturated rings. The van der Waals surface area contributed by atoms with Crippen LogP contribution in [0.25, 0.3) is 10.9 Å². The lowest BCUT2D eigenvalue weighted by Gasteiger charge is -2.08. The minimum Gasteiger partial charge on any atom is -0.351 e. The predicted molar refractivity (Wildman–Crippen MR) is 64.9 cm³/mol. The average Bonchev–Trinajstić information content (AvgIpc) is 2.60. The first-order valence-corrected chi connectivity index (χ1v) is 5.50. The Kier molecular flexibility index (Phi) is 2.78. The summed E-state index contributed by atoms with van der Waals surface area (Å²) >= 11 is 0. The molecular weight excluding hydrogens is 184 g/mol. The molecule has 1 unspecified atom stereocenters. The zero-order chi connectivity index (χ0) is 10.8. The molecule has 0 aliphatic rings. The van der Waals surface area contributed by atoms with Gasteiger partial charge in [0.15, 0.2) is 0 Å². The molecule has 0 aliphatic carbocycles. The molecule has 0 aliphatic heterocycles. The van der Waals surface area contributed by atoms with E-state index in [0.717, 1.165) is 12.8 Å². The van der Waals surface area contributed by atoms with Gasteiger partial charge in [-0.1, -0.05) is 13.0 Å². The molecule has 1 aromatic heterocycles. The molecule has 0 radical (unpaired) electrons. The quantitative estimate of drug-likeness (QED) is 0.814. The van der Waals surface area contributed by atoms with Crippen LogP contribution in [0, 0.1) is 0 Å². The molecule has 2 rings (SSSR count). The molecule has 80 valence electrons. The molecule has 0 bridgehead atoms. The van der Waals surface area contributed by atoms with Crippen molar-refractivity contribution in [3.05, 3.63) is 36.0 Å². The number of aryl methyl sites for hydroxylation is 1. The minimum absolute atomic E-state index is 0.283. The largest absolute Gasteiger partial charge is 0.351 e. The van der Waals surface area contributed by atoms with E-state index in [-0.39, 0.29) is 6.04 Å². The van der Waals surface area contributed by atoms with Crippen molar-refractivity contribution in [1.29, 1.82) is 0 Å². The third kappa shape index (κ3) is 2.05. The Labute approximate surface area is 90.7 Å². The van der Waals surface area contributed by atoms with Crippen LogP contribution in [0.1, 0.15) is 18.9 Å². The Morgan fingerprint density at radius 2 is 2.13 bits per heavy atom. The van der Waals surface area contributed by atoms with Crippen LogP contribution in [0.2, 0.25) is 0 Å². The zero-order valence-electron chi connectivity index (χ0n) is 9.40. The molecule has 2 nitrogen and oxygen atoms in total. The molecule has 0 saturated carbocycles. The summed E-state index contributed by atoms with van der Waals surface area (Å²) in [4.78, 5) is 0. The van der Waals surface area contributed by atoms with Crippen LogP contribution >= 0.6 is 0 Å². The first kappa shape index (κ1) is 10.2. The van der Waals surface area contributed by atoms with E-state index in [1.54, 1.807) is 0 Å². The van der Waals surface area contributed by atoms with E-state index in [9.17, 15) is 0 Å². The zero-order valence-corrected chi connectivity index (χ0v) is 9.40. The van der Waals surface area contributed by atoms with Crippen molar-refractivity contribution in [2.45, 2.75) is 25.8 Å². The summed E-state index contributed by atoms with van der Waals surface area (Å²) in [5.74, 6) is 0. The van der Waals surface area contributed by atoms with Crippen molar-refractivity contribution in [2.24, 2.45) is 12.8 Å². The van der Waals surface area contributed by atoms with Gasteiger partial charge in [-0.3, -0.25) is 0 Å². The molecule has 2 aromatic rings. The van der Waals surface area contributed by atoms with Gasteiger partial charge < -0.3 is 10.3 Å². The second-order valence-electron chi connectivity index (χ2n) is 4.19. The Balaban J connectivity index is 2.31. The third-order valence-corrected chi connectivity index (χ3v) is 2.97. The lowest BCUT2D eigenvalue weighted by molar-refractivity contribution is 0.647. The number of rotatable bonds is 3. The van der Waals surface area contributed by atoms with Crippen LogP contribution in [0.5, 0.6) is 0 Å². The van der Waals surface area contributed by atoms with Crippen LogP contribution in [0.3, 0.4) is 0 Å². The standard InChI is InChI=1S/C13H18N2/c1-3-12(14)9-10-4-5-13-11(8-10)6-7-15(13)2/h4-8,12H,3,9,14H2,1-2H3. The highest BCUT2D eigenvalue weighted by Gasteiger charge is 2.03. The molecular formula is C13H18N2. The molecule has 2 heteroatoms. The topological polar surface area (TPSA) is 30.9 Å². The van der Waals surface area contributed by atoms with Crippen LogP contribution in [0.15, 0.2) is 30.5 Å². The summed E-state index contributed by atoms with van der Waals surface area (Å²) in [5, 5.41) is 1.30. The van der Waals surface area contributed by atoms with Crippen LogP contribution in [-0.4, -0.2) is 10.6 Å². The normalized spacial score (nSPS) is 13.3. The van der Waals surface area contributed by atoms with Gasteiger partial charge in [0.05, 0.1) is 0 Å². The second kappa shape index (κ2) is 4.07. The molecule has 1 atom stereocenters. The summed E-state index contributed by atoms with van der Waals surface area (Å²) in [7, 11) is 2.07. The smallest absolute Gasteiger partial charge is 0.0477 e. The van der Waals surface area contributed by atoms with Gasteiger partial charge in [0, 0.05) is 24.8 Å². The number of benzene rings is 1. The summed E-state index contributed by atoms with van der Waals surface area (Å²) in [6.07, 6.45) is 4.10. The van der Waals surface area contributed by atoms with E-state index in [0.29, 0.717) is 0 Å². The Bertz CT molecular complexity index is 457. The number of hydrogen-bond donors (Lipinski definition) is 1. The Hall–Kier alpha value is -1.28. The highest BCUT2D eigenvalue weighted by Crippen LogP contribution is 2.17. The Morgan fingerprint density at radius 3 is 2.87 bits per heavy atom. The Morgan fingerprint density at radius 1 is 1.33 bits per heavy atom. The number of hydrogen-bond acceptors (Lipinski definition) is 1. The van der Waals surface area contributed by atoms with Gasteiger partial charge in [-0.25, -0.2) is 0 Å². The van der Waals surface area contributed by atoms with Crippen molar-refractivity contribution in [1.82, 2.24) is 4.57 Å². The van der Waals surface area contributed by atoms with Crippen LogP contribution < -0.4 is 5.73 Å². The van der Waals surface area contributed by atoms with Gasteiger partial charge in [0.2, 0.25) is 0 Å². The maximum Gasteiger partial charge on any atom is 0.0477 e. The van der Waals surface area contributed by atoms with E-state index >= 15 is 0 Å². The van der Waals surface area contributed by atoms with Crippen molar-refractivity contribution >= 4 is 10.9 Å². The maximum absolute atomic E-state index is 5.95. The van der Waals surface area contributed by atoms with E-state index in [4.69, 9.17) is 5.73 Å². The molecule has 0 amide bonds. The van der Waals surface area contributed by atoms with Crippen LogP contribution in [0.4, 0.5) is 0 Å². The summed E-state index contributed by atoms with van der Waals surface area (Å²) in [6.45, 7) is 2.13. The van der Waals surface area contributed by atoms with Crippen molar-refractivity contribution < 1.29 is 0 Å². The van der Waals surface area contributed by atoms with Gasteiger partial charge in [0.1, 0.15) is 0 Å². The first-order chi connectivity index (χ1) is 7.20. The SMILES string of the molecule is CCC(N)Cc1ccc2c(ccn2C)c1. The van der Waals surface area contributed by atoms with Crippen molar-refractivity contribution in [2.75, 3.05) is 0 Å². The maximum atomic E-state index is 5.95. The molecule has 0 spiro atoms. The van der Waals surface area contributed by atoms with Gasteiger partial charge in [-0.05, 0) is 42.0 Å².